The van der Waals surface area contributed by atoms with E-state index in [4.69, 9.17) is 5.11 Å². The zero-order valence-electron chi connectivity index (χ0n) is 10.6. The normalized spacial score (nSPS) is 17.4. The summed E-state index contributed by atoms with van der Waals surface area (Å²) in [5.74, 6) is 0. The van der Waals surface area contributed by atoms with Gasteiger partial charge in [-0.3, -0.25) is 4.90 Å². The number of rotatable bonds is 9. The highest BCUT2D eigenvalue weighted by atomic mass is 16.3. The highest BCUT2D eigenvalue weighted by Crippen LogP contribution is 1.94. The minimum absolute atomic E-state index is 0.345. The lowest BCUT2D eigenvalue weighted by Crippen LogP contribution is -2.41. The molecule has 5 heteroatoms. The van der Waals surface area contributed by atoms with Crippen LogP contribution in [0.5, 0.6) is 0 Å². The van der Waals surface area contributed by atoms with Crippen molar-refractivity contribution in [2.45, 2.75) is 39.1 Å². The molecule has 0 radical (unpaired) electrons. The molecular formula is C11H26N2O3. The molecule has 0 saturated carbocycles. The number of hydrogen-bond donors (Lipinski definition) is 4. The first-order chi connectivity index (χ1) is 7.41. The summed E-state index contributed by atoms with van der Waals surface area (Å²) in [4.78, 5) is 2.00. The van der Waals surface area contributed by atoms with Crippen LogP contribution in [0.1, 0.15) is 20.8 Å². The van der Waals surface area contributed by atoms with Crippen LogP contribution in [-0.4, -0.2) is 71.3 Å². The van der Waals surface area contributed by atoms with E-state index in [1.54, 1.807) is 20.8 Å². The van der Waals surface area contributed by atoms with Crippen LogP contribution in [-0.2, 0) is 0 Å². The molecule has 0 bridgehead atoms. The van der Waals surface area contributed by atoms with Gasteiger partial charge in [0.1, 0.15) is 0 Å². The molecule has 0 rings (SSSR count). The van der Waals surface area contributed by atoms with Crippen LogP contribution < -0.4 is 5.32 Å². The molecule has 0 heterocycles. The van der Waals surface area contributed by atoms with Gasteiger partial charge in [0.25, 0.3) is 0 Å². The Hall–Kier alpha value is -0.200. The Labute approximate surface area is 98.1 Å². The minimum Gasteiger partial charge on any atom is -0.392 e. The zero-order valence-corrected chi connectivity index (χ0v) is 10.6. The van der Waals surface area contributed by atoms with Gasteiger partial charge in [0.2, 0.25) is 0 Å². The van der Waals surface area contributed by atoms with E-state index in [2.05, 4.69) is 5.32 Å². The maximum absolute atomic E-state index is 9.30. The third-order valence-corrected chi connectivity index (χ3v) is 2.09. The van der Waals surface area contributed by atoms with Crippen molar-refractivity contribution >= 4 is 0 Å². The minimum atomic E-state index is -0.393. The first-order valence-corrected chi connectivity index (χ1v) is 5.89. The molecule has 0 aliphatic heterocycles. The smallest absolute Gasteiger partial charge is 0.0639 e. The molecule has 0 fully saturated rings. The van der Waals surface area contributed by atoms with Crippen LogP contribution in [0.3, 0.4) is 0 Å². The summed E-state index contributed by atoms with van der Waals surface area (Å²) in [5.41, 5.74) is 0. The summed E-state index contributed by atoms with van der Waals surface area (Å²) >= 11 is 0. The van der Waals surface area contributed by atoms with Crippen LogP contribution in [0, 0.1) is 0 Å². The van der Waals surface area contributed by atoms with E-state index >= 15 is 0 Å². The monoisotopic (exact) mass is 234 g/mol. The van der Waals surface area contributed by atoms with Gasteiger partial charge in [-0.1, -0.05) is 0 Å². The molecule has 0 aromatic carbocycles. The van der Waals surface area contributed by atoms with Crippen molar-refractivity contribution in [2.24, 2.45) is 0 Å². The van der Waals surface area contributed by atoms with Crippen molar-refractivity contribution in [1.82, 2.24) is 10.2 Å². The van der Waals surface area contributed by atoms with E-state index < -0.39 is 12.2 Å². The maximum Gasteiger partial charge on any atom is 0.0639 e. The summed E-state index contributed by atoms with van der Waals surface area (Å²) in [6.07, 6.45) is -1.13. The van der Waals surface area contributed by atoms with E-state index in [1.165, 1.54) is 0 Å². The van der Waals surface area contributed by atoms with Gasteiger partial charge in [-0.25, -0.2) is 0 Å². The molecule has 0 amide bonds. The Kier molecular flexibility index (Phi) is 8.78. The van der Waals surface area contributed by atoms with E-state index in [9.17, 15) is 10.2 Å². The number of aliphatic hydroxyl groups is 3. The van der Waals surface area contributed by atoms with Crippen molar-refractivity contribution < 1.29 is 15.3 Å². The molecule has 98 valence electrons. The van der Waals surface area contributed by atoms with E-state index in [0.717, 1.165) is 13.1 Å². The van der Waals surface area contributed by atoms with E-state index in [1.807, 2.05) is 4.90 Å². The van der Waals surface area contributed by atoms with Gasteiger partial charge < -0.3 is 20.6 Å². The zero-order chi connectivity index (χ0) is 12.6. The summed E-state index contributed by atoms with van der Waals surface area (Å²) < 4.78 is 0. The molecule has 0 aromatic rings. The van der Waals surface area contributed by atoms with Crippen LogP contribution in [0.4, 0.5) is 0 Å². The van der Waals surface area contributed by atoms with E-state index in [-0.39, 0.29) is 6.10 Å². The predicted octanol–water partition coefficient (Wildman–Crippen LogP) is -0.980. The quantitative estimate of drug-likeness (QED) is 0.386. The van der Waals surface area contributed by atoms with Gasteiger partial charge in [-0.15, -0.1) is 0 Å². The van der Waals surface area contributed by atoms with E-state index in [0.29, 0.717) is 19.6 Å². The lowest BCUT2D eigenvalue weighted by molar-refractivity contribution is 0.0833. The predicted molar refractivity (Wildman–Crippen MR) is 64.4 cm³/mol. The molecule has 3 atom stereocenters. The van der Waals surface area contributed by atoms with Gasteiger partial charge >= 0.3 is 0 Å². The van der Waals surface area contributed by atoms with Gasteiger partial charge in [0.15, 0.2) is 0 Å². The van der Waals surface area contributed by atoms with Gasteiger partial charge in [-0.05, 0) is 20.8 Å². The molecule has 0 aliphatic carbocycles. The van der Waals surface area contributed by atoms with Crippen molar-refractivity contribution in [1.29, 1.82) is 0 Å². The third kappa shape index (κ3) is 10.3. The second kappa shape index (κ2) is 8.90. The molecule has 0 aromatic heterocycles. The lowest BCUT2D eigenvalue weighted by atomic mass is 10.3. The Morgan fingerprint density at radius 2 is 1.44 bits per heavy atom. The topological polar surface area (TPSA) is 76.0 Å². The summed E-state index contributed by atoms with van der Waals surface area (Å²) in [5, 5.41) is 30.8. The fourth-order valence-electron chi connectivity index (χ4n) is 1.55. The van der Waals surface area contributed by atoms with Crippen LogP contribution in [0.25, 0.3) is 0 Å². The highest BCUT2D eigenvalue weighted by molar-refractivity contribution is 4.66. The fraction of sp³-hybridized carbons (Fsp3) is 1.00. The SMILES string of the molecule is CC(O)CNCCN(CC(C)O)CC(C)O. The molecule has 5 nitrogen and oxygen atoms in total. The summed E-state index contributed by atoms with van der Waals surface area (Å²) in [7, 11) is 0. The molecule has 3 unspecified atom stereocenters. The maximum atomic E-state index is 9.30. The standard InChI is InChI=1S/C11H26N2O3/c1-9(14)6-12-4-5-13(7-10(2)15)8-11(3)16/h9-12,14-16H,4-8H2,1-3H3. The van der Waals surface area contributed by atoms with Crippen molar-refractivity contribution in [3.8, 4) is 0 Å². The molecule has 4 N–H and O–H groups in total. The van der Waals surface area contributed by atoms with Crippen molar-refractivity contribution in [2.75, 3.05) is 32.7 Å². The van der Waals surface area contributed by atoms with Crippen LogP contribution in [0.2, 0.25) is 0 Å². The average Bonchev–Trinajstić information content (AvgIpc) is 2.09. The lowest BCUT2D eigenvalue weighted by Gasteiger charge is -2.25. The second-order valence-electron chi connectivity index (χ2n) is 4.51. The molecule has 0 saturated heterocycles. The molecule has 0 spiro atoms. The first kappa shape index (κ1) is 15.8. The molecular weight excluding hydrogens is 208 g/mol. The average molecular weight is 234 g/mol. The second-order valence-corrected chi connectivity index (χ2v) is 4.51. The number of hydrogen-bond acceptors (Lipinski definition) is 5. The Morgan fingerprint density at radius 1 is 0.938 bits per heavy atom. The fourth-order valence-corrected chi connectivity index (χ4v) is 1.55. The van der Waals surface area contributed by atoms with Crippen molar-refractivity contribution in [3.63, 3.8) is 0 Å². The van der Waals surface area contributed by atoms with Gasteiger partial charge in [0.05, 0.1) is 18.3 Å². The third-order valence-electron chi connectivity index (χ3n) is 2.09. The van der Waals surface area contributed by atoms with Crippen molar-refractivity contribution in [3.05, 3.63) is 0 Å². The summed E-state index contributed by atoms with van der Waals surface area (Å²) in [6.45, 7) is 8.37. The highest BCUT2D eigenvalue weighted by Gasteiger charge is 2.10. The Morgan fingerprint density at radius 3 is 1.81 bits per heavy atom. The van der Waals surface area contributed by atoms with Gasteiger partial charge in [0, 0.05) is 32.7 Å². The first-order valence-electron chi connectivity index (χ1n) is 5.89. The van der Waals surface area contributed by atoms with Crippen LogP contribution in [0.15, 0.2) is 0 Å². The molecule has 16 heavy (non-hydrogen) atoms. The van der Waals surface area contributed by atoms with Gasteiger partial charge in [-0.2, -0.15) is 0 Å². The summed E-state index contributed by atoms with van der Waals surface area (Å²) in [6, 6.07) is 0. The number of aliphatic hydroxyl groups excluding tert-OH is 3. The number of nitrogens with one attached hydrogen (secondary N) is 1. The van der Waals surface area contributed by atoms with Crippen LogP contribution >= 0.6 is 0 Å². The molecule has 0 aliphatic rings. The Bertz CT molecular complexity index is 153. The Balaban J connectivity index is 3.73. The number of nitrogens with zero attached hydrogens (tertiary/aromatic N) is 1. The largest absolute Gasteiger partial charge is 0.392 e.